The molecule has 2 heteroatoms. The average Bonchev–Trinajstić information content (AvgIpc) is 1.96. The number of hydrogen-bond acceptors (Lipinski definition) is 2. The van der Waals surface area contributed by atoms with Crippen LogP contribution in [0.1, 0.15) is 34.1 Å². The molecule has 2 unspecified atom stereocenters. The highest BCUT2D eigenvalue weighted by Gasteiger charge is 2.16. The molecule has 3 N–H and O–H groups in total. The molecule has 0 fully saturated rings. The molecular formula is C10H24N2. The van der Waals surface area contributed by atoms with Crippen molar-refractivity contribution in [1.82, 2.24) is 5.32 Å². The summed E-state index contributed by atoms with van der Waals surface area (Å²) in [5, 5.41) is 3.42. The highest BCUT2D eigenvalue weighted by Crippen LogP contribution is 2.12. The minimum atomic E-state index is 0.300. The van der Waals surface area contributed by atoms with Gasteiger partial charge in [-0.25, -0.2) is 0 Å². The molecule has 0 amide bonds. The molecule has 0 aromatic carbocycles. The normalized spacial score (nSPS) is 16.5. The van der Waals surface area contributed by atoms with E-state index in [1.54, 1.807) is 0 Å². The van der Waals surface area contributed by atoms with Crippen LogP contribution in [0.15, 0.2) is 0 Å². The molecular weight excluding hydrogens is 148 g/mol. The van der Waals surface area contributed by atoms with E-state index in [1.807, 2.05) is 0 Å². The second kappa shape index (κ2) is 6.44. The smallest absolute Gasteiger partial charge is 0.00533 e. The lowest BCUT2D eigenvalue weighted by molar-refractivity contribution is 0.316. The third-order valence-electron chi connectivity index (χ3n) is 2.34. The van der Waals surface area contributed by atoms with Crippen LogP contribution in [0.4, 0.5) is 0 Å². The van der Waals surface area contributed by atoms with Crippen LogP contribution < -0.4 is 11.1 Å². The maximum Gasteiger partial charge on any atom is 0.00533 e. The van der Waals surface area contributed by atoms with Crippen molar-refractivity contribution in [2.24, 2.45) is 17.6 Å². The second-order valence-corrected chi connectivity index (χ2v) is 3.97. The molecule has 0 aliphatic heterocycles. The number of hydrogen-bond donors (Lipinski definition) is 2. The first kappa shape index (κ1) is 11.9. The average molecular weight is 172 g/mol. The third-order valence-corrected chi connectivity index (χ3v) is 2.34. The molecule has 0 aromatic heterocycles. The van der Waals surface area contributed by atoms with Crippen molar-refractivity contribution in [3.05, 3.63) is 0 Å². The van der Waals surface area contributed by atoms with Crippen LogP contribution in [0, 0.1) is 11.8 Å². The Hall–Kier alpha value is -0.0800. The number of nitrogens with one attached hydrogen (secondary N) is 1. The number of rotatable bonds is 6. The molecule has 0 spiro atoms. The van der Waals surface area contributed by atoms with Crippen molar-refractivity contribution in [2.75, 3.05) is 13.1 Å². The van der Waals surface area contributed by atoms with E-state index in [0.29, 0.717) is 17.9 Å². The van der Waals surface area contributed by atoms with E-state index in [-0.39, 0.29) is 0 Å². The van der Waals surface area contributed by atoms with E-state index in [1.165, 1.54) is 6.42 Å². The van der Waals surface area contributed by atoms with E-state index in [0.717, 1.165) is 13.1 Å². The molecule has 12 heavy (non-hydrogen) atoms. The van der Waals surface area contributed by atoms with Gasteiger partial charge in [0.1, 0.15) is 0 Å². The molecule has 0 aliphatic carbocycles. The van der Waals surface area contributed by atoms with Crippen LogP contribution in [-0.2, 0) is 0 Å². The first-order valence-corrected chi connectivity index (χ1v) is 5.05. The van der Waals surface area contributed by atoms with Crippen LogP contribution in [0.2, 0.25) is 0 Å². The fourth-order valence-corrected chi connectivity index (χ4v) is 1.47. The molecule has 0 radical (unpaired) electrons. The van der Waals surface area contributed by atoms with Crippen LogP contribution in [-0.4, -0.2) is 19.1 Å². The fourth-order valence-electron chi connectivity index (χ4n) is 1.47. The maximum atomic E-state index is 5.88. The fraction of sp³-hybridized carbons (Fsp3) is 1.00. The summed E-state index contributed by atoms with van der Waals surface area (Å²) < 4.78 is 0. The second-order valence-electron chi connectivity index (χ2n) is 3.97. The zero-order valence-corrected chi connectivity index (χ0v) is 8.93. The van der Waals surface area contributed by atoms with Crippen LogP contribution in [0.25, 0.3) is 0 Å². The zero-order valence-electron chi connectivity index (χ0n) is 8.93. The Labute approximate surface area is 76.9 Å². The summed E-state index contributed by atoms with van der Waals surface area (Å²) in [5.41, 5.74) is 5.88. The van der Waals surface area contributed by atoms with E-state index in [9.17, 15) is 0 Å². The summed E-state index contributed by atoms with van der Waals surface area (Å²) in [6, 6.07) is 0.300. The Morgan fingerprint density at radius 1 is 1.25 bits per heavy atom. The van der Waals surface area contributed by atoms with Gasteiger partial charge >= 0.3 is 0 Å². The Bertz CT molecular complexity index is 92.0. The predicted molar refractivity (Wildman–Crippen MR) is 55.1 cm³/mol. The van der Waals surface area contributed by atoms with Crippen LogP contribution in [0.5, 0.6) is 0 Å². The Kier molecular flexibility index (Phi) is 6.39. The van der Waals surface area contributed by atoms with Crippen molar-refractivity contribution in [3.63, 3.8) is 0 Å². The summed E-state index contributed by atoms with van der Waals surface area (Å²) in [7, 11) is 0. The first-order valence-electron chi connectivity index (χ1n) is 5.05. The van der Waals surface area contributed by atoms with Crippen LogP contribution in [0.3, 0.4) is 0 Å². The Balaban J connectivity index is 3.64. The van der Waals surface area contributed by atoms with Crippen LogP contribution >= 0.6 is 0 Å². The topological polar surface area (TPSA) is 38.0 Å². The third kappa shape index (κ3) is 4.73. The van der Waals surface area contributed by atoms with Gasteiger partial charge < -0.3 is 11.1 Å². The SMILES string of the molecule is CCCNCC(C(C)C)C(C)N. The highest BCUT2D eigenvalue weighted by atomic mass is 14.9. The van der Waals surface area contributed by atoms with E-state index < -0.39 is 0 Å². The summed E-state index contributed by atoms with van der Waals surface area (Å²) >= 11 is 0. The van der Waals surface area contributed by atoms with E-state index in [2.05, 4.69) is 33.0 Å². The maximum absolute atomic E-state index is 5.88. The molecule has 0 saturated heterocycles. The lowest BCUT2D eigenvalue weighted by atomic mass is 9.90. The van der Waals surface area contributed by atoms with Crippen molar-refractivity contribution >= 4 is 0 Å². The largest absolute Gasteiger partial charge is 0.328 e. The number of nitrogens with two attached hydrogens (primary N) is 1. The summed E-state index contributed by atoms with van der Waals surface area (Å²) in [6.45, 7) is 10.9. The van der Waals surface area contributed by atoms with Gasteiger partial charge in [0, 0.05) is 6.04 Å². The van der Waals surface area contributed by atoms with Gasteiger partial charge in [-0.05, 0) is 38.3 Å². The zero-order chi connectivity index (χ0) is 9.56. The monoisotopic (exact) mass is 172 g/mol. The molecule has 0 aromatic rings. The standard InChI is InChI=1S/C10H24N2/c1-5-6-12-7-10(8(2)3)9(4)11/h8-10,12H,5-7,11H2,1-4H3. The Morgan fingerprint density at radius 2 is 1.83 bits per heavy atom. The highest BCUT2D eigenvalue weighted by molar-refractivity contribution is 4.73. The van der Waals surface area contributed by atoms with Gasteiger partial charge in [0.05, 0.1) is 0 Å². The van der Waals surface area contributed by atoms with Gasteiger partial charge in [0.2, 0.25) is 0 Å². The lowest BCUT2D eigenvalue weighted by Gasteiger charge is -2.24. The minimum absolute atomic E-state index is 0.300. The van der Waals surface area contributed by atoms with Crippen molar-refractivity contribution in [2.45, 2.75) is 40.2 Å². The van der Waals surface area contributed by atoms with Gasteiger partial charge in [-0.1, -0.05) is 20.8 Å². The van der Waals surface area contributed by atoms with Gasteiger partial charge in [-0.15, -0.1) is 0 Å². The predicted octanol–water partition coefficient (Wildman–Crippen LogP) is 1.61. The molecule has 0 saturated carbocycles. The molecule has 2 atom stereocenters. The van der Waals surface area contributed by atoms with Gasteiger partial charge in [0.15, 0.2) is 0 Å². The quantitative estimate of drug-likeness (QED) is 0.597. The lowest BCUT2D eigenvalue weighted by Crippen LogP contribution is -2.38. The van der Waals surface area contributed by atoms with Crippen molar-refractivity contribution in [1.29, 1.82) is 0 Å². The minimum Gasteiger partial charge on any atom is -0.328 e. The molecule has 74 valence electrons. The Morgan fingerprint density at radius 3 is 2.17 bits per heavy atom. The molecule has 2 nitrogen and oxygen atoms in total. The molecule has 0 aliphatic rings. The van der Waals surface area contributed by atoms with Crippen molar-refractivity contribution < 1.29 is 0 Å². The molecule has 0 bridgehead atoms. The van der Waals surface area contributed by atoms with E-state index >= 15 is 0 Å². The molecule has 0 heterocycles. The molecule has 0 rings (SSSR count). The first-order chi connectivity index (χ1) is 5.59. The summed E-state index contributed by atoms with van der Waals surface area (Å²) in [5.74, 6) is 1.28. The summed E-state index contributed by atoms with van der Waals surface area (Å²) in [6.07, 6.45) is 1.20. The van der Waals surface area contributed by atoms with Gasteiger partial charge in [-0.3, -0.25) is 0 Å². The van der Waals surface area contributed by atoms with Crippen molar-refractivity contribution in [3.8, 4) is 0 Å². The summed E-state index contributed by atoms with van der Waals surface area (Å²) in [4.78, 5) is 0. The van der Waals surface area contributed by atoms with Gasteiger partial charge in [0.25, 0.3) is 0 Å². The van der Waals surface area contributed by atoms with Gasteiger partial charge in [-0.2, -0.15) is 0 Å². The van der Waals surface area contributed by atoms with E-state index in [4.69, 9.17) is 5.73 Å².